The Balaban J connectivity index is 1.39. The Bertz CT molecular complexity index is 1440. The van der Waals surface area contributed by atoms with Gasteiger partial charge >= 0.3 is 12.4 Å². The van der Waals surface area contributed by atoms with Crippen molar-refractivity contribution < 1.29 is 35.9 Å². The summed E-state index contributed by atoms with van der Waals surface area (Å²) >= 11 is 0. The number of ether oxygens (including phenoxy) is 1. The van der Waals surface area contributed by atoms with E-state index in [1.807, 2.05) is 65.6 Å². The third kappa shape index (κ3) is 6.36. The van der Waals surface area contributed by atoms with Crippen LogP contribution in [0.15, 0.2) is 78.9 Å². The number of likely N-dealkylation sites (tertiary alicyclic amines) is 1. The molecule has 0 aromatic heterocycles. The fourth-order valence-electron chi connectivity index (χ4n) is 7.69. The minimum atomic E-state index is -4.95. The van der Waals surface area contributed by atoms with Gasteiger partial charge in [0.15, 0.2) is 0 Å². The predicted octanol–water partition coefficient (Wildman–Crippen LogP) is 8.20. The van der Waals surface area contributed by atoms with Crippen LogP contribution in [0.1, 0.15) is 66.3 Å². The molecule has 0 radical (unpaired) electrons. The van der Waals surface area contributed by atoms with Crippen LogP contribution in [0.2, 0.25) is 0 Å². The summed E-state index contributed by atoms with van der Waals surface area (Å²) < 4.78 is 88.1. The van der Waals surface area contributed by atoms with Crippen LogP contribution in [0.4, 0.5) is 26.3 Å². The number of carbonyl (C=O) groups is 1. The van der Waals surface area contributed by atoms with Gasteiger partial charge in [-0.25, -0.2) is 0 Å². The molecule has 3 heterocycles. The molecule has 3 aliphatic heterocycles. The highest BCUT2D eigenvalue weighted by Crippen LogP contribution is 2.55. The summed E-state index contributed by atoms with van der Waals surface area (Å²) in [7, 11) is 0. The second-order valence-corrected chi connectivity index (χ2v) is 12.5. The summed E-state index contributed by atoms with van der Waals surface area (Å²) in [4.78, 5) is 18.4. The molecule has 0 N–H and O–H groups in total. The first-order chi connectivity index (χ1) is 21.5. The number of fused-ring (bicyclic) bond motifs is 2. The van der Waals surface area contributed by atoms with E-state index in [9.17, 15) is 31.1 Å². The van der Waals surface area contributed by atoms with E-state index in [-0.39, 0.29) is 29.5 Å². The molecule has 0 spiro atoms. The topological polar surface area (TPSA) is 32.8 Å². The molecule has 3 aromatic rings. The molecule has 3 aromatic carbocycles. The van der Waals surface area contributed by atoms with Gasteiger partial charge in [0.25, 0.3) is 0 Å². The van der Waals surface area contributed by atoms with E-state index in [4.69, 9.17) is 4.74 Å². The zero-order chi connectivity index (χ0) is 31.8. The quantitative estimate of drug-likeness (QED) is 0.247. The number of nitrogens with zero attached hydrogens (tertiary/aromatic N) is 2. The Morgan fingerprint density at radius 2 is 1.38 bits per heavy atom. The zero-order valence-electron chi connectivity index (χ0n) is 24.8. The van der Waals surface area contributed by atoms with E-state index in [1.165, 1.54) is 0 Å². The summed E-state index contributed by atoms with van der Waals surface area (Å²) in [6.07, 6.45) is -5.88. The molecule has 0 unspecified atom stereocenters. The fourth-order valence-corrected chi connectivity index (χ4v) is 7.69. The lowest BCUT2D eigenvalue weighted by Crippen LogP contribution is -2.56. The van der Waals surface area contributed by atoms with E-state index in [0.717, 1.165) is 55.6 Å². The minimum Gasteiger partial charge on any atom is -0.371 e. The molecule has 4 nitrogen and oxygen atoms in total. The molecular weight excluding hydrogens is 594 g/mol. The van der Waals surface area contributed by atoms with E-state index in [1.54, 1.807) is 0 Å². The number of alkyl halides is 6. The minimum absolute atomic E-state index is 0.0925. The predicted molar refractivity (Wildman–Crippen MR) is 157 cm³/mol. The van der Waals surface area contributed by atoms with Gasteiger partial charge < -0.3 is 9.64 Å². The maximum absolute atomic E-state index is 14.1. The Morgan fingerprint density at radius 3 is 1.98 bits per heavy atom. The van der Waals surface area contributed by atoms with Crippen LogP contribution in [-0.2, 0) is 40.6 Å². The van der Waals surface area contributed by atoms with Gasteiger partial charge in [-0.05, 0) is 73.4 Å². The molecule has 4 atom stereocenters. The van der Waals surface area contributed by atoms with Crippen LogP contribution in [0.5, 0.6) is 0 Å². The monoisotopic (exact) mass is 630 g/mol. The van der Waals surface area contributed by atoms with E-state index >= 15 is 0 Å². The van der Waals surface area contributed by atoms with Crippen molar-refractivity contribution >= 4 is 5.91 Å². The summed E-state index contributed by atoms with van der Waals surface area (Å²) in [5.41, 5.74) is -1.78. The van der Waals surface area contributed by atoms with Gasteiger partial charge in [-0.15, -0.1) is 0 Å². The number of piperidine rings is 2. The van der Waals surface area contributed by atoms with Gasteiger partial charge in [0.2, 0.25) is 5.91 Å². The highest BCUT2D eigenvalue weighted by molar-refractivity contribution is 5.80. The van der Waals surface area contributed by atoms with Crippen molar-refractivity contribution in [1.29, 1.82) is 0 Å². The van der Waals surface area contributed by atoms with Gasteiger partial charge in [-0.3, -0.25) is 9.69 Å². The lowest BCUT2D eigenvalue weighted by atomic mass is 9.78. The molecule has 0 saturated carbocycles. The first kappa shape index (κ1) is 31.6. The Kier molecular flexibility index (Phi) is 8.73. The lowest BCUT2D eigenvalue weighted by Gasteiger charge is -2.50. The van der Waals surface area contributed by atoms with Crippen LogP contribution in [0.3, 0.4) is 0 Å². The van der Waals surface area contributed by atoms with E-state index < -0.39 is 41.7 Å². The van der Waals surface area contributed by atoms with Gasteiger partial charge in [-0.1, -0.05) is 60.7 Å². The molecule has 45 heavy (non-hydrogen) atoms. The van der Waals surface area contributed by atoms with Crippen molar-refractivity contribution in [3.8, 4) is 0 Å². The molecule has 3 aliphatic rings. The molecule has 6 rings (SSSR count). The van der Waals surface area contributed by atoms with Crippen LogP contribution >= 0.6 is 0 Å². The molecule has 3 saturated heterocycles. The molecular formula is C35H36F6N2O2. The number of amides is 1. The average molecular weight is 631 g/mol. The normalized spacial score (nSPS) is 25.8. The van der Waals surface area contributed by atoms with Crippen LogP contribution < -0.4 is 0 Å². The highest BCUT2D eigenvalue weighted by Gasteiger charge is 2.61. The van der Waals surface area contributed by atoms with Crippen LogP contribution in [0.25, 0.3) is 0 Å². The summed E-state index contributed by atoms with van der Waals surface area (Å²) in [5.74, 6) is -0.199. The standard InChI is InChI=1S/C35H36F6N2O2/c36-34(37,38)27-18-25(19-28(20-27)35(39,40)41)23-45-31-15-14-30-29(32(44)42-16-8-3-9-17-42)21-33(31,26-12-6-2-7-13-26)43(30)22-24-10-4-1-5-11-24/h1-2,4-7,10-13,18-20,29-31H,3,8-9,14-17,21-23H2/t29-,30+,31-,33-/m1/s1. The van der Waals surface area contributed by atoms with Gasteiger partial charge in [0.1, 0.15) is 0 Å². The molecule has 10 heteroatoms. The number of hydrogen-bond donors (Lipinski definition) is 0. The highest BCUT2D eigenvalue weighted by atomic mass is 19.4. The van der Waals surface area contributed by atoms with Crippen molar-refractivity contribution in [1.82, 2.24) is 9.80 Å². The van der Waals surface area contributed by atoms with Crippen molar-refractivity contribution in [3.05, 3.63) is 107 Å². The fraction of sp³-hybridized carbons (Fsp3) is 0.457. The van der Waals surface area contributed by atoms with Crippen molar-refractivity contribution in [2.75, 3.05) is 13.1 Å². The molecule has 240 valence electrons. The van der Waals surface area contributed by atoms with Gasteiger partial charge in [-0.2, -0.15) is 26.3 Å². The number of rotatable bonds is 7. The van der Waals surface area contributed by atoms with Crippen molar-refractivity contribution in [2.24, 2.45) is 5.92 Å². The first-order valence-corrected chi connectivity index (χ1v) is 15.5. The average Bonchev–Trinajstić information content (AvgIpc) is 3.24. The lowest BCUT2D eigenvalue weighted by molar-refractivity contribution is -0.143. The Hall–Kier alpha value is -3.37. The molecule has 0 aliphatic carbocycles. The van der Waals surface area contributed by atoms with E-state index in [2.05, 4.69) is 4.90 Å². The van der Waals surface area contributed by atoms with Crippen molar-refractivity contribution in [3.63, 3.8) is 0 Å². The second-order valence-electron chi connectivity index (χ2n) is 12.5. The number of halogens is 6. The Morgan fingerprint density at radius 1 is 0.778 bits per heavy atom. The van der Waals surface area contributed by atoms with Crippen molar-refractivity contribution in [2.45, 2.75) is 81.7 Å². The molecule has 1 amide bonds. The Labute approximate surface area is 259 Å². The second kappa shape index (κ2) is 12.4. The maximum Gasteiger partial charge on any atom is 0.416 e. The first-order valence-electron chi connectivity index (χ1n) is 15.5. The summed E-state index contributed by atoms with van der Waals surface area (Å²) in [5, 5.41) is 0. The van der Waals surface area contributed by atoms with Gasteiger partial charge in [0.05, 0.1) is 35.3 Å². The third-order valence-electron chi connectivity index (χ3n) is 9.72. The zero-order valence-corrected chi connectivity index (χ0v) is 24.8. The number of benzene rings is 3. The molecule has 3 fully saturated rings. The smallest absolute Gasteiger partial charge is 0.371 e. The van der Waals surface area contributed by atoms with Gasteiger partial charge in [0, 0.05) is 25.7 Å². The SMILES string of the molecule is O=C([C@@H]1C[C@@]2(c3ccccc3)[C@H](OCc3cc(C(F)(F)F)cc(C(F)(F)F)c3)CC[C@@H]1N2Cc1ccccc1)N1CCCCC1. The summed E-state index contributed by atoms with van der Waals surface area (Å²) in [6.45, 7) is 1.53. The van der Waals surface area contributed by atoms with Crippen LogP contribution in [0, 0.1) is 5.92 Å². The van der Waals surface area contributed by atoms with E-state index in [0.29, 0.717) is 25.8 Å². The number of hydrogen-bond acceptors (Lipinski definition) is 3. The maximum atomic E-state index is 14.1. The third-order valence-corrected chi connectivity index (χ3v) is 9.72. The largest absolute Gasteiger partial charge is 0.416 e. The molecule has 2 bridgehead atoms. The number of carbonyl (C=O) groups excluding carboxylic acids is 1. The summed E-state index contributed by atoms with van der Waals surface area (Å²) in [6, 6.07) is 21.1. The van der Waals surface area contributed by atoms with Crippen LogP contribution in [-0.4, -0.2) is 40.9 Å².